The molecule has 3 aromatic rings. The van der Waals surface area contributed by atoms with Gasteiger partial charge in [0.1, 0.15) is 0 Å². The summed E-state index contributed by atoms with van der Waals surface area (Å²) in [7, 11) is 0. The minimum atomic E-state index is -0.128. The number of amides is 1. The van der Waals surface area contributed by atoms with E-state index in [1.807, 2.05) is 48.5 Å². The fourth-order valence-corrected chi connectivity index (χ4v) is 2.98. The van der Waals surface area contributed by atoms with Crippen molar-refractivity contribution < 1.29 is 4.79 Å². The molecule has 4 nitrogen and oxygen atoms in total. The number of halogens is 1. The number of hydrogen-bond acceptors (Lipinski definition) is 3. The topological polar surface area (TPSA) is 54.0 Å². The normalized spacial score (nSPS) is 10.4. The molecule has 1 aromatic heterocycles. The maximum atomic E-state index is 12.3. The first-order chi connectivity index (χ1) is 13.2. The van der Waals surface area contributed by atoms with Crippen LogP contribution >= 0.6 is 11.6 Å². The zero-order chi connectivity index (χ0) is 18.9. The number of nitrogens with zero attached hydrogens (tertiary/aromatic N) is 1. The molecule has 0 radical (unpaired) electrons. The molecule has 3 rings (SSSR count). The van der Waals surface area contributed by atoms with Gasteiger partial charge in [0.2, 0.25) is 0 Å². The number of pyridine rings is 1. The number of rotatable bonds is 8. The summed E-state index contributed by atoms with van der Waals surface area (Å²) in [6.07, 6.45) is 4.95. The van der Waals surface area contributed by atoms with Crippen LogP contribution in [0.5, 0.6) is 0 Å². The van der Waals surface area contributed by atoms with E-state index in [2.05, 4.69) is 27.8 Å². The fourth-order valence-electron chi connectivity index (χ4n) is 2.77. The Bertz CT molecular complexity index is 883. The van der Waals surface area contributed by atoms with E-state index in [0.717, 1.165) is 30.6 Å². The molecule has 0 fully saturated rings. The molecule has 1 heterocycles. The quantitative estimate of drug-likeness (QED) is 0.611. The summed E-state index contributed by atoms with van der Waals surface area (Å²) in [5.74, 6) is -0.128. The van der Waals surface area contributed by atoms with E-state index in [0.29, 0.717) is 17.1 Å². The third kappa shape index (κ3) is 6.12. The molecule has 27 heavy (non-hydrogen) atoms. The number of carbonyl (C=O) groups is 1. The van der Waals surface area contributed by atoms with Crippen LogP contribution in [-0.2, 0) is 12.8 Å². The molecule has 0 aliphatic rings. The van der Waals surface area contributed by atoms with E-state index in [4.69, 9.17) is 11.6 Å². The summed E-state index contributed by atoms with van der Waals surface area (Å²) in [5.41, 5.74) is 3.75. The molecular weight excluding hydrogens is 358 g/mol. The highest BCUT2D eigenvalue weighted by Gasteiger charge is 2.07. The lowest BCUT2D eigenvalue weighted by molar-refractivity contribution is 0.0954. The van der Waals surface area contributed by atoms with Gasteiger partial charge >= 0.3 is 0 Å². The van der Waals surface area contributed by atoms with Crippen LogP contribution in [0.1, 0.15) is 21.5 Å². The summed E-state index contributed by atoms with van der Waals surface area (Å²) in [6.45, 7) is 1.33. The van der Waals surface area contributed by atoms with Crippen molar-refractivity contribution in [3.8, 4) is 0 Å². The molecule has 0 aliphatic heterocycles. The Morgan fingerprint density at radius 1 is 0.889 bits per heavy atom. The van der Waals surface area contributed by atoms with Crippen molar-refractivity contribution in [2.24, 2.45) is 0 Å². The van der Waals surface area contributed by atoms with Gasteiger partial charge in [-0.05, 0) is 42.2 Å². The molecule has 0 unspecified atom stereocenters. The summed E-state index contributed by atoms with van der Waals surface area (Å²) < 4.78 is 0. The highest BCUT2D eigenvalue weighted by atomic mass is 35.5. The molecule has 5 heteroatoms. The van der Waals surface area contributed by atoms with Crippen LogP contribution in [0.3, 0.4) is 0 Å². The van der Waals surface area contributed by atoms with E-state index in [1.54, 1.807) is 12.4 Å². The predicted molar refractivity (Wildman–Crippen MR) is 110 cm³/mol. The minimum Gasteiger partial charge on any atom is -0.383 e. The van der Waals surface area contributed by atoms with Crippen LogP contribution in [0.15, 0.2) is 73.1 Å². The van der Waals surface area contributed by atoms with Crippen molar-refractivity contribution in [3.05, 3.63) is 94.8 Å². The van der Waals surface area contributed by atoms with E-state index in [-0.39, 0.29) is 5.91 Å². The predicted octanol–water partition coefficient (Wildman–Crippen LogP) is 4.36. The van der Waals surface area contributed by atoms with E-state index in [9.17, 15) is 4.79 Å². The zero-order valence-corrected chi connectivity index (χ0v) is 15.7. The maximum absolute atomic E-state index is 12.3. The van der Waals surface area contributed by atoms with Gasteiger partial charge in [-0.3, -0.25) is 9.78 Å². The van der Waals surface area contributed by atoms with Crippen molar-refractivity contribution in [2.45, 2.75) is 12.8 Å². The molecule has 2 aromatic carbocycles. The monoisotopic (exact) mass is 379 g/mol. The number of benzene rings is 2. The molecule has 1 amide bonds. The van der Waals surface area contributed by atoms with Gasteiger partial charge in [-0.2, -0.15) is 0 Å². The summed E-state index contributed by atoms with van der Waals surface area (Å²) >= 11 is 5.98. The third-order valence-corrected chi connectivity index (χ3v) is 4.41. The Morgan fingerprint density at radius 2 is 1.67 bits per heavy atom. The lowest BCUT2D eigenvalue weighted by Crippen LogP contribution is -2.26. The van der Waals surface area contributed by atoms with Crippen LogP contribution in [0, 0.1) is 0 Å². The Labute approximate surface area is 164 Å². The molecule has 2 N–H and O–H groups in total. The van der Waals surface area contributed by atoms with Gasteiger partial charge in [0, 0.05) is 30.5 Å². The van der Waals surface area contributed by atoms with Crippen molar-refractivity contribution >= 4 is 23.2 Å². The second-order valence-corrected chi connectivity index (χ2v) is 6.70. The number of aromatic nitrogens is 1. The van der Waals surface area contributed by atoms with Crippen LogP contribution in [0.25, 0.3) is 0 Å². The van der Waals surface area contributed by atoms with Gasteiger partial charge < -0.3 is 10.6 Å². The average Bonchev–Trinajstić information content (AvgIpc) is 2.69. The standard InChI is InChI=1S/C22H22ClN3O/c23-20-8-4-7-18(13-20)10-12-26-22(27)19-14-21(16-24-15-19)25-11-9-17-5-2-1-3-6-17/h1-8,13-16,25H,9-12H2,(H,26,27). The molecular formula is C22H22ClN3O. The first-order valence-electron chi connectivity index (χ1n) is 8.96. The summed E-state index contributed by atoms with van der Waals surface area (Å²) in [5, 5.41) is 6.95. The van der Waals surface area contributed by atoms with Crippen LogP contribution in [0.2, 0.25) is 5.02 Å². The summed E-state index contributed by atoms with van der Waals surface area (Å²) in [6, 6.07) is 19.8. The molecule has 138 valence electrons. The third-order valence-electron chi connectivity index (χ3n) is 4.17. The molecule has 0 bridgehead atoms. The molecule has 0 saturated carbocycles. The van der Waals surface area contributed by atoms with Crippen LogP contribution in [0.4, 0.5) is 5.69 Å². The number of anilines is 1. The van der Waals surface area contributed by atoms with E-state index >= 15 is 0 Å². The van der Waals surface area contributed by atoms with Gasteiger partial charge in [-0.15, -0.1) is 0 Å². The Balaban J connectivity index is 1.48. The Hall–Kier alpha value is -2.85. The molecule has 0 atom stereocenters. The van der Waals surface area contributed by atoms with Gasteiger partial charge in [0.15, 0.2) is 0 Å². The lowest BCUT2D eigenvalue weighted by atomic mass is 10.1. The lowest BCUT2D eigenvalue weighted by Gasteiger charge is -2.09. The van der Waals surface area contributed by atoms with E-state index in [1.165, 1.54) is 5.56 Å². The van der Waals surface area contributed by atoms with Gasteiger partial charge in [-0.1, -0.05) is 54.1 Å². The first-order valence-corrected chi connectivity index (χ1v) is 9.34. The largest absolute Gasteiger partial charge is 0.383 e. The van der Waals surface area contributed by atoms with Gasteiger partial charge in [-0.25, -0.2) is 0 Å². The van der Waals surface area contributed by atoms with Crippen LogP contribution < -0.4 is 10.6 Å². The van der Waals surface area contributed by atoms with Gasteiger partial charge in [0.05, 0.1) is 11.3 Å². The second-order valence-electron chi connectivity index (χ2n) is 6.26. The molecule has 0 saturated heterocycles. The van der Waals surface area contributed by atoms with Crippen molar-refractivity contribution in [3.63, 3.8) is 0 Å². The first kappa shape index (κ1) is 18.9. The van der Waals surface area contributed by atoms with Crippen molar-refractivity contribution in [1.82, 2.24) is 10.3 Å². The maximum Gasteiger partial charge on any atom is 0.252 e. The highest BCUT2D eigenvalue weighted by Crippen LogP contribution is 2.11. The van der Waals surface area contributed by atoms with Crippen molar-refractivity contribution in [1.29, 1.82) is 0 Å². The Morgan fingerprint density at radius 3 is 2.48 bits per heavy atom. The SMILES string of the molecule is O=C(NCCc1cccc(Cl)c1)c1cncc(NCCc2ccccc2)c1. The zero-order valence-electron chi connectivity index (χ0n) is 15.0. The highest BCUT2D eigenvalue weighted by molar-refractivity contribution is 6.30. The molecule has 0 spiro atoms. The van der Waals surface area contributed by atoms with E-state index < -0.39 is 0 Å². The molecule has 0 aliphatic carbocycles. The fraction of sp³-hybridized carbons (Fsp3) is 0.182. The number of carbonyl (C=O) groups excluding carboxylic acids is 1. The number of nitrogens with one attached hydrogen (secondary N) is 2. The van der Waals surface area contributed by atoms with Gasteiger partial charge in [0.25, 0.3) is 5.91 Å². The second kappa shape index (κ2) is 9.74. The average molecular weight is 380 g/mol. The number of hydrogen-bond donors (Lipinski definition) is 2. The smallest absolute Gasteiger partial charge is 0.252 e. The summed E-state index contributed by atoms with van der Waals surface area (Å²) in [4.78, 5) is 16.5. The van der Waals surface area contributed by atoms with Crippen molar-refractivity contribution in [2.75, 3.05) is 18.4 Å². The minimum absolute atomic E-state index is 0.128. The van der Waals surface area contributed by atoms with Crippen LogP contribution in [-0.4, -0.2) is 24.0 Å². The Kier molecular flexibility index (Phi) is 6.83.